The second-order valence-corrected chi connectivity index (χ2v) is 12.8. The Morgan fingerprint density at radius 3 is 2.27 bits per heavy atom. The second kappa shape index (κ2) is 6.88. The summed E-state index contributed by atoms with van der Waals surface area (Å²) in [5, 5.41) is -0.420. The molecule has 22 heavy (non-hydrogen) atoms. The van der Waals surface area contributed by atoms with Crippen LogP contribution in [-0.2, 0) is 19.9 Å². The molecule has 0 amide bonds. The highest BCUT2D eigenvalue weighted by molar-refractivity contribution is 9.11. The van der Waals surface area contributed by atoms with Crippen LogP contribution in [0.2, 0.25) is 0 Å². The standard InChI is InChI=1S/C13H20BrNO4S3/c1-10(2)9-21(16,17)11-5-7-15(8-6-11)22(18,19)13-4-3-12(14)20-13/h3-4,10-11H,5-9H2,1-2H3. The van der Waals surface area contributed by atoms with Crippen molar-refractivity contribution in [2.45, 2.75) is 36.1 Å². The quantitative estimate of drug-likeness (QED) is 0.720. The summed E-state index contributed by atoms with van der Waals surface area (Å²) in [7, 11) is -6.64. The third-order valence-electron chi connectivity index (χ3n) is 3.62. The van der Waals surface area contributed by atoms with Crippen molar-refractivity contribution in [2.75, 3.05) is 18.8 Å². The Morgan fingerprint density at radius 1 is 1.23 bits per heavy atom. The van der Waals surface area contributed by atoms with E-state index in [4.69, 9.17) is 0 Å². The van der Waals surface area contributed by atoms with Gasteiger partial charge in [-0.25, -0.2) is 16.8 Å². The van der Waals surface area contributed by atoms with E-state index in [1.165, 1.54) is 15.6 Å². The van der Waals surface area contributed by atoms with Crippen molar-refractivity contribution >= 4 is 47.1 Å². The first kappa shape index (κ1) is 18.4. The van der Waals surface area contributed by atoms with E-state index in [9.17, 15) is 16.8 Å². The van der Waals surface area contributed by atoms with E-state index in [-0.39, 0.29) is 24.8 Å². The van der Waals surface area contributed by atoms with Crippen molar-refractivity contribution in [1.29, 1.82) is 0 Å². The molecule has 126 valence electrons. The Bertz CT molecular complexity index is 716. The maximum absolute atomic E-state index is 12.5. The zero-order valence-electron chi connectivity index (χ0n) is 12.5. The summed E-state index contributed by atoms with van der Waals surface area (Å²) < 4.78 is 52.0. The maximum Gasteiger partial charge on any atom is 0.252 e. The van der Waals surface area contributed by atoms with Crippen LogP contribution in [0.15, 0.2) is 20.1 Å². The molecule has 2 rings (SSSR count). The van der Waals surface area contributed by atoms with Gasteiger partial charge in [-0.05, 0) is 46.8 Å². The Hall–Kier alpha value is 0.0400. The molecule has 0 spiro atoms. The van der Waals surface area contributed by atoms with Gasteiger partial charge in [0.05, 0.1) is 14.8 Å². The van der Waals surface area contributed by atoms with Gasteiger partial charge in [0.15, 0.2) is 9.84 Å². The Balaban J connectivity index is 2.06. The SMILES string of the molecule is CC(C)CS(=O)(=O)C1CCN(S(=O)(=O)c2ccc(Br)s2)CC1. The average Bonchev–Trinajstić information content (AvgIpc) is 2.85. The maximum atomic E-state index is 12.5. The number of halogens is 1. The molecule has 0 N–H and O–H groups in total. The van der Waals surface area contributed by atoms with Crippen LogP contribution in [-0.4, -0.2) is 45.2 Å². The highest BCUT2D eigenvalue weighted by Crippen LogP contribution is 2.31. The molecule has 1 aromatic rings. The largest absolute Gasteiger partial charge is 0.252 e. The average molecular weight is 430 g/mol. The van der Waals surface area contributed by atoms with Gasteiger partial charge in [0.1, 0.15) is 4.21 Å². The van der Waals surface area contributed by atoms with Crippen molar-refractivity contribution in [3.8, 4) is 0 Å². The van der Waals surface area contributed by atoms with Crippen molar-refractivity contribution in [3.63, 3.8) is 0 Å². The van der Waals surface area contributed by atoms with Crippen molar-refractivity contribution in [3.05, 3.63) is 15.9 Å². The van der Waals surface area contributed by atoms with Gasteiger partial charge in [-0.3, -0.25) is 0 Å². The molecule has 1 saturated heterocycles. The summed E-state index contributed by atoms with van der Waals surface area (Å²) in [6.07, 6.45) is 0.752. The molecule has 0 aromatic carbocycles. The highest BCUT2D eigenvalue weighted by Gasteiger charge is 2.35. The molecule has 0 saturated carbocycles. The zero-order valence-corrected chi connectivity index (χ0v) is 16.6. The molecule has 2 heterocycles. The van der Waals surface area contributed by atoms with Crippen molar-refractivity contribution in [2.24, 2.45) is 5.92 Å². The van der Waals surface area contributed by atoms with Gasteiger partial charge < -0.3 is 0 Å². The van der Waals surface area contributed by atoms with Gasteiger partial charge in [0, 0.05) is 13.1 Å². The number of hydrogen-bond donors (Lipinski definition) is 0. The predicted molar refractivity (Wildman–Crippen MR) is 92.4 cm³/mol. The van der Waals surface area contributed by atoms with Gasteiger partial charge in [0.25, 0.3) is 10.0 Å². The number of sulfonamides is 1. The molecule has 5 nitrogen and oxygen atoms in total. The summed E-state index contributed by atoms with van der Waals surface area (Å²) >= 11 is 4.44. The molecule has 0 aliphatic carbocycles. The van der Waals surface area contributed by atoms with Crippen molar-refractivity contribution in [1.82, 2.24) is 4.31 Å². The van der Waals surface area contributed by atoms with Gasteiger partial charge in [-0.2, -0.15) is 4.31 Å². The van der Waals surface area contributed by atoms with E-state index in [1.807, 2.05) is 13.8 Å². The molecule has 9 heteroatoms. The lowest BCUT2D eigenvalue weighted by molar-refractivity contribution is 0.346. The Kier molecular flexibility index (Phi) is 5.75. The number of nitrogens with zero attached hydrogens (tertiary/aromatic N) is 1. The second-order valence-electron chi connectivity index (χ2n) is 5.89. The van der Waals surface area contributed by atoms with Crippen LogP contribution in [0.25, 0.3) is 0 Å². The topological polar surface area (TPSA) is 71.5 Å². The van der Waals surface area contributed by atoms with Crippen LogP contribution in [0.4, 0.5) is 0 Å². The molecule has 0 atom stereocenters. The number of piperidine rings is 1. The zero-order chi connectivity index (χ0) is 16.5. The van der Waals surface area contributed by atoms with Gasteiger partial charge >= 0.3 is 0 Å². The fraction of sp³-hybridized carbons (Fsp3) is 0.692. The van der Waals surface area contributed by atoms with Gasteiger partial charge in [0.2, 0.25) is 0 Å². The number of sulfone groups is 1. The lowest BCUT2D eigenvalue weighted by Gasteiger charge is -2.30. The minimum atomic E-state index is -3.51. The number of thiophene rings is 1. The number of hydrogen-bond acceptors (Lipinski definition) is 5. The Labute approximate surface area is 144 Å². The first-order valence-electron chi connectivity index (χ1n) is 7.10. The molecule has 0 radical (unpaired) electrons. The minimum Gasteiger partial charge on any atom is -0.229 e. The molecule has 0 unspecified atom stereocenters. The van der Waals surface area contributed by atoms with E-state index >= 15 is 0 Å². The van der Waals surface area contributed by atoms with E-state index < -0.39 is 25.1 Å². The third-order valence-corrected chi connectivity index (χ3v) is 10.2. The molecular formula is C13H20BrNO4S3. The Morgan fingerprint density at radius 2 is 1.82 bits per heavy atom. The third kappa shape index (κ3) is 4.11. The predicted octanol–water partition coefficient (Wildman–Crippen LogP) is 2.73. The fourth-order valence-corrected chi connectivity index (χ4v) is 8.36. The summed E-state index contributed by atoms with van der Waals surface area (Å²) in [6, 6.07) is 3.28. The molecule has 0 bridgehead atoms. The minimum absolute atomic E-state index is 0.0928. The van der Waals surface area contributed by atoms with Crippen LogP contribution >= 0.6 is 27.3 Å². The first-order valence-corrected chi connectivity index (χ1v) is 11.9. The molecule has 1 aliphatic heterocycles. The number of rotatable bonds is 5. The molecule has 1 aliphatic rings. The lowest BCUT2D eigenvalue weighted by atomic mass is 10.2. The monoisotopic (exact) mass is 429 g/mol. The normalized spacial score (nSPS) is 18.9. The highest BCUT2D eigenvalue weighted by atomic mass is 79.9. The fourth-order valence-electron chi connectivity index (χ4n) is 2.60. The van der Waals surface area contributed by atoms with Gasteiger partial charge in [-0.1, -0.05) is 13.8 Å². The van der Waals surface area contributed by atoms with E-state index in [1.54, 1.807) is 12.1 Å². The van der Waals surface area contributed by atoms with E-state index in [0.29, 0.717) is 17.1 Å². The van der Waals surface area contributed by atoms with Crippen LogP contribution in [0.5, 0.6) is 0 Å². The van der Waals surface area contributed by atoms with Crippen LogP contribution < -0.4 is 0 Å². The van der Waals surface area contributed by atoms with Crippen LogP contribution in [0, 0.1) is 5.92 Å². The first-order chi connectivity index (χ1) is 10.1. The summed E-state index contributed by atoms with van der Waals surface area (Å²) in [5.74, 6) is 0.262. The smallest absolute Gasteiger partial charge is 0.229 e. The molecule has 1 aromatic heterocycles. The summed E-state index contributed by atoms with van der Waals surface area (Å²) in [6.45, 7) is 4.29. The van der Waals surface area contributed by atoms with Crippen LogP contribution in [0.1, 0.15) is 26.7 Å². The molecule has 1 fully saturated rings. The van der Waals surface area contributed by atoms with Crippen LogP contribution in [0.3, 0.4) is 0 Å². The summed E-state index contributed by atoms with van der Waals surface area (Å²) in [5.41, 5.74) is 0. The van der Waals surface area contributed by atoms with E-state index in [2.05, 4.69) is 15.9 Å². The van der Waals surface area contributed by atoms with E-state index in [0.717, 1.165) is 3.79 Å². The summed E-state index contributed by atoms with van der Waals surface area (Å²) in [4.78, 5) is 0. The van der Waals surface area contributed by atoms with Crippen molar-refractivity contribution < 1.29 is 16.8 Å². The van der Waals surface area contributed by atoms with Gasteiger partial charge in [-0.15, -0.1) is 11.3 Å². The lowest BCUT2D eigenvalue weighted by Crippen LogP contribution is -2.43. The molecular weight excluding hydrogens is 410 g/mol.